The zero-order valence-electron chi connectivity index (χ0n) is 10.2. The first kappa shape index (κ1) is 11.8. The number of Topliss-reactive ketones (excluding diaryl/α,β-unsaturated/α-hetero) is 1. The highest BCUT2D eigenvalue weighted by molar-refractivity contribution is 5.94. The van der Waals surface area contributed by atoms with Crippen molar-refractivity contribution in [2.24, 2.45) is 5.92 Å². The van der Waals surface area contributed by atoms with Gasteiger partial charge in [0.1, 0.15) is 5.78 Å². The van der Waals surface area contributed by atoms with E-state index in [0.29, 0.717) is 17.3 Å². The van der Waals surface area contributed by atoms with Gasteiger partial charge in [0.05, 0.1) is 15.8 Å². The minimum atomic E-state index is -0.420. The molecule has 19 heavy (non-hydrogen) atoms. The number of ketones is 1. The van der Waals surface area contributed by atoms with Gasteiger partial charge < -0.3 is 0 Å². The number of benzene rings is 1. The predicted molar refractivity (Wildman–Crippen MR) is 69.8 cm³/mol. The smallest absolute Gasteiger partial charge is 0.278 e. The van der Waals surface area contributed by atoms with Crippen LogP contribution in [0.5, 0.6) is 0 Å². The van der Waals surface area contributed by atoms with Crippen LogP contribution in [-0.2, 0) is 11.2 Å². The maximum atomic E-state index is 11.9. The summed E-state index contributed by atoms with van der Waals surface area (Å²) in [7, 11) is 0. The monoisotopic (exact) mass is 256 g/mol. The molecule has 1 aliphatic carbocycles. The Morgan fingerprint density at radius 2 is 2.16 bits per heavy atom. The fourth-order valence-electron chi connectivity index (χ4n) is 2.26. The maximum Gasteiger partial charge on any atom is 0.278 e. The summed E-state index contributed by atoms with van der Waals surface area (Å²) in [5.41, 5.74) is 1.37. The van der Waals surface area contributed by atoms with Crippen molar-refractivity contribution in [1.82, 2.24) is 4.98 Å². The summed E-state index contributed by atoms with van der Waals surface area (Å²) in [4.78, 5) is 26.6. The Balaban J connectivity index is 2.08. The third kappa shape index (κ3) is 2.19. The molecule has 1 aromatic heterocycles. The maximum absolute atomic E-state index is 11.9. The third-order valence-electron chi connectivity index (χ3n) is 3.42. The third-order valence-corrected chi connectivity index (χ3v) is 3.42. The molecule has 0 amide bonds. The average Bonchev–Trinajstić information content (AvgIpc) is 3.23. The zero-order chi connectivity index (χ0) is 13.4. The normalized spacial score (nSPS) is 14.5. The number of carbonyl (C=O) groups excluding carboxylic acids is 1. The molecule has 1 fully saturated rings. The van der Waals surface area contributed by atoms with Gasteiger partial charge in [-0.2, -0.15) is 0 Å². The number of rotatable bonds is 4. The molecule has 1 saturated carbocycles. The fourth-order valence-corrected chi connectivity index (χ4v) is 2.26. The quantitative estimate of drug-likeness (QED) is 0.622. The molecule has 0 aliphatic heterocycles. The molecule has 0 N–H and O–H groups in total. The number of hydrogen-bond donors (Lipinski definition) is 0. The standard InChI is InChI=1S/C14H12N2O3/c17-13(9-3-4-9)8-10-5-6-12(16(18)19)11-2-1-7-15-14(10)11/h1-2,5-7,9H,3-4,8H2. The number of nitro benzene ring substituents is 1. The van der Waals surface area contributed by atoms with Crippen LogP contribution in [-0.4, -0.2) is 15.7 Å². The topological polar surface area (TPSA) is 73.1 Å². The molecule has 1 aliphatic rings. The number of nitro groups is 1. The number of nitrogens with zero attached hydrogens (tertiary/aromatic N) is 2. The lowest BCUT2D eigenvalue weighted by atomic mass is 10.0. The Morgan fingerprint density at radius 3 is 2.84 bits per heavy atom. The Hall–Kier alpha value is -2.30. The SMILES string of the molecule is O=C(Cc1ccc([N+](=O)[O-])c2cccnc12)C1CC1. The summed E-state index contributed by atoms with van der Waals surface area (Å²) in [6.45, 7) is 0. The number of hydrogen-bond acceptors (Lipinski definition) is 4. The van der Waals surface area contributed by atoms with Gasteiger partial charge >= 0.3 is 0 Å². The van der Waals surface area contributed by atoms with Crippen LogP contribution in [0, 0.1) is 16.0 Å². The van der Waals surface area contributed by atoms with Crippen LogP contribution >= 0.6 is 0 Å². The summed E-state index contributed by atoms with van der Waals surface area (Å²) < 4.78 is 0. The van der Waals surface area contributed by atoms with Gasteiger partial charge in [0, 0.05) is 24.6 Å². The van der Waals surface area contributed by atoms with Crippen LogP contribution in [0.25, 0.3) is 10.9 Å². The van der Waals surface area contributed by atoms with Crippen molar-refractivity contribution in [1.29, 1.82) is 0 Å². The van der Waals surface area contributed by atoms with Crippen LogP contribution in [0.2, 0.25) is 0 Å². The molecule has 1 heterocycles. The van der Waals surface area contributed by atoms with E-state index < -0.39 is 4.92 Å². The molecular formula is C14H12N2O3. The summed E-state index contributed by atoms with van der Waals surface area (Å²) >= 11 is 0. The van der Waals surface area contributed by atoms with Gasteiger partial charge in [0.25, 0.3) is 5.69 Å². The summed E-state index contributed by atoms with van der Waals surface area (Å²) in [5, 5.41) is 11.5. The van der Waals surface area contributed by atoms with Crippen LogP contribution in [0.15, 0.2) is 30.5 Å². The molecule has 1 aromatic carbocycles. The Morgan fingerprint density at radius 1 is 1.37 bits per heavy atom. The summed E-state index contributed by atoms with van der Waals surface area (Å²) in [5.74, 6) is 0.398. The molecule has 5 nitrogen and oxygen atoms in total. The summed E-state index contributed by atoms with van der Waals surface area (Å²) in [6.07, 6.45) is 3.85. The van der Waals surface area contributed by atoms with Gasteiger partial charge in [-0.25, -0.2) is 0 Å². The molecule has 0 spiro atoms. The molecule has 3 rings (SSSR count). The molecular weight excluding hydrogens is 244 g/mol. The van der Waals surface area contributed by atoms with Gasteiger partial charge in [-0.05, 0) is 36.6 Å². The number of aromatic nitrogens is 1. The molecule has 5 heteroatoms. The highest BCUT2D eigenvalue weighted by atomic mass is 16.6. The number of carbonyl (C=O) groups is 1. The summed E-state index contributed by atoms with van der Waals surface area (Å²) in [6, 6.07) is 6.45. The van der Waals surface area contributed by atoms with Crippen molar-refractivity contribution in [2.45, 2.75) is 19.3 Å². The van der Waals surface area contributed by atoms with Crippen molar-refractivity contribution in [3.63, 3.8) is 0 Å². The van der Waals surface area contributed by atoms with Crippen LogP contribution in [0.3, 0.4) is 0 Å². The first-order chi connectivity index (χ1) is 9.16. The molecule has 0 bridgehead atoms. The van der Waals surface area contributed by atoms with Gasteiger partial charge in [0.2, 0.25) is 0 Å². The van der Waals surface area contributed by atoms with Crippen molar-refractivity contribution in [3.8, 4) is 0 Å². The first-order valence-electron chi connectivity index (χ1n) is 6.20. The lowest BCUT2D eigenvalue weighted by molar-refractivity contribution is -0.383. The minimum Gasteiger partial charge on any atom is -0.299 e. The average molecular weight is 256 g/mol. The fraction of sp³-hybridized carbons (Fsp3) is 0.286. The van der Waals surface area contributed by atoms with E-state index in [2.05, 4.69) is 4.98 Å². The number of pyridine rings is 1. The van der Waals surface area contributed by atoms with E-state index in [9.17, 15) is 14.9 Å². The molecule has 96 valence electrons. The number of fused-ring (bicyclic) bond motifs is 1. The van der Waals surface area contributed by atoms with Crippen LogP contribution in [0.4, 0.5) is 5.69 Å². The van der Waals surface area contributed by atoms with Crippen molar-refractivity contribution >= 4 is 22.4 Å². The Kier molecular flexibility index (Phi) is 2.74. The highest BCUT2D eigenvalue weighted by Crippen LogP contribution is 2.33. The highest BCUT2D eigenvalue weighted by Gasteiger charge is 2.29. The Labute approximate surface area is 109 Å². The van der Waals surface area contributed by atoms with E-state index >= 15 is 0 Å². The molecule has 0 radical (unpaired) electrons. The van der Waals surface area contributed by atoms with Crippen molar-refractivity contribution in [3.05, 3.63) is 46.1 Å². The minimum absolute atomic E-state index is 0.0331. The lowest BCUT2D eigenvalue weighted by Gasteiger charge is -2.05. The largest absolute Gasteiger partial charge is 0.299 e. The van der Waals surface area contributed by atoms with Crippen molar-refractivity contribution < 1.29 is 9.72 Å². The van der Waals surface area contributed by atoms with Crippen LogP contribution in [0.1, 0.15) is 18.4 Å². The van der Waals surface area contributed by atoms with Gasteiger partial charge in [0.15, 0.2) is 0 Å². The Bertz CT molecular complexity index is 677. The van der Waals surface area contributed by atoms with Gasteiger partial charge in [-0.15, -0.1) is 0 Å². The second kappa shape index (κ2) is 4.42. The van der Waals surface area contributed by atoms with Gasteiger partial charge in [-0.1, -0.05) is 0 Å². The van der Waals surface area contributed by atoms with E-state index in [1.54, 1.807) is 24.4 Å². The zero-order valence-corrected chi connectivity index (χ0v) is 10.2. The number of non-ortho nitro benzene ring substituents is 1. The predicted octanol–water partition coefficient (Wildman–Crippen LogP) is 2.66. The molecule has 0 saturated heterocycles. The first-order valence-corrected chi connectivity index (χ1v) is 6.20. The molecule has 2 aromatic rings. The lowest BCUT2D eigenvalue weighted by Crippen LogP contribution is -2.06. The van der Waals surface area contributed by atoms with E-state index in [4.69, 9.17) is 0 Å². The van der Waals surface area contributed by atoms with E-state index in [-0.39, 0.29) is 17.4 Å². The van der Waals surface area contributed by atoms with E-state index in [0.717, 1.165) is 18.4 Å². The van der Waals surface area contributed by atoms with Gasteiger partial charge in [-0.3, -0.25) is 19.9 Å². The second-order valence-electron chi connectivity index (χ2n) is 4.82. The molecule has 0 atom stereocenters. The molecule has 0 unspecified atom stereocenters. The van der Waals surface area contributed by atoms with Crippen LogP contribution < -0.4 is 0 Å². The second-order valence-corrected chi connectivity index (χ2v) is 4.82. The van der Waals surface area contributed by atoms with E-state index in [1.807, 2.05) is 0 Å². The van der Waals surface area contributed by atoms with E-state index in [1.165, 1.54) is 6.07 Å². The van der Waals surface area contributed by atoms with Crippen molar-refractivity contribution in [2.75, 3.05) is 0 Å².